The lowest BCUT2D eigenvalue weighted by molar-refractivity contribution is -0.385. The molecule has 0 aliphatic carbocycles. The van der Waals surface area contributed by atoms with E-state index in [9.17, 15) is 29.8 Å². The van der Waals surface area contributed by atoms with Crippen LogP contribution in [0, 0.1) is 20.2 Å². The zero-order valence-electron chi connectivity index (χ0n) is 16.0. The number of benzene rings is 2. The van der Waals surface area contributed by atoms with Crippen molar-refractivity contribution in [1.82, 2.24) is 20.8 Å². The molecule has 0 bridgehead atoms. The van der Waals surface area contributed by atoms with Gasteiger partial charge in [-0.25, -0.2) is 9.97 Å². The highest BCUT2D eigenvalue weighted by molar-refractivity contribution is 5.99. The van der Waals surface area contributed by atoms with Gasteiger partial charge in [-0.3, -0.25) is 51.5 Å². The number of hydrogen-bond acceptors (Lipinski definition) is 10. The van der Waals surface area contributed by atoms with Crippen LogP contribution >= 0.6 is 0 Å². The summed E-state index contributed by atoms with van der Waals surface area (Å²) < 4.78 is 0. The number of amides is 2. The van der Waals surface area contributed by atoms with Crippen molar-refractivity contribution in [2.75, 3.05) is 10.9 Å². The minimum atomic E-state index is -0.919. The van der Waals surface area contributed by atoms with Crippen molar-refractivity contribution in [3.05, 3.63) is 92.3 Å². The van der Waals surface area contributed by atoms with Gasteiger partial charge in [0.1, 0.15) is 11.9 Å². The fraction of sp³-hybridized carbons (Fsp3) is 0. The molecule has 14 nitrogen and oxygen atoms in total. The molecule has 0 atom stereocenters. The number of nitrogens with one attached hydrogen (secondary N) is 4. The van der Waals surface area contributed by atoms with Gasteiger partial charge in [0.15, 0.2) is 0 Å². The number of nitro groups is 2. The molecule has 0 aliphatic rings. The number of carbonyl (C=O) groups is 2. The summed E-state index contributed by atoms with van der Waals surface area (Å²) in [4.78, 5) is 52.9. The minimum Gasteiger partial charge on any atom is -0.276 e. The average molecular weight is 438 g/mol. The fourth-order valence-electron chi connectivity index (χ4n) is 2.52. The van der Waals surface area contributed by atoms with E-state index in [1.165, 1.54) is 30.3 Å². The molecule has 0 saturated heterocycles. The Balaban J connectivity index is 1.76. The Morgan fingerprint density at radius 3 is 1.91 bits per heavy atom. The van der Waals surface area contributed by atoms with Crippen molar-refractivity contribution in [3.8, 4) is 0 Å². The van der Waals surface area contributed by atoms with Crippen LogP contribution in [-0.2, 0) is 0 Å². The first-order chi connectivity index (χ1) is 15.4. The van der Waals surface area contributed by atoms with Crippen LogP contribution in [0.25, 0.3) is 0 Å². The summed E-state index contributed by atoms with van der Waals surface area (Å²) in [7, 11) is 0. The third kappa shape index (κ3) is 4.88. The van der Waals surface area contributed by atoms with Gasteiger partial charge in [-0.15, -0.1) is 0 Å². The molecule has 0 aliphatic heterocycles. The molecule has 3 aromatic rings. The molecule has 0 saturated carbocycles. The van der Waals surface area contributed by atoms with Gasteiger partial charge >= 0.3 is 5.69 Å². The van der Waals surface area contributed by atoms with E-state index in [1.807, 2.05) is 0 Å². The number of carbonyl (C=O) groups excluding carboxylic acids is 2. The second-order valence-electron chi connectivity index (χ2n) is 5.98. The maximum absolute atomic E-state index is 12.3. The lowest BCUT2D eigenvalue weighted by Crippen LogP contribution is -2.32. The number of para-hydroxylation sites is 1. The smallest absolute Gasteiger partial charge is 0.276 e. The van der Waals surface area contributed by atoms with Crippen molar-refractivity contribution in [1.29, 1.82) is 0 Å². The molecular weight excluding hydrogens is 424 g/mol. The number of nitrogens with zero attached hydrogens (tertiary/aromatic N) is 4. The van der Waals surface area contributed by atoms with Crippen LogP contribution in [0.4, 0.5) is 23.0 Å². The van der Waals surface area contributed by atoms with Gasteiger partial charge in [-0.2, -0.15) is 0 Å². The Hall–Kier alpha value is -5.14. The molecule has 1 aromatic heterocycles. The summed E-state index contributed by atoms with van der Waals surface area (Å²) in [6.07, 6.45) is 0.948. The topological polar surface area (TPSA) is 194 Å². The number of hydrazine groups is 2. The number of rotatable bonds is 8. The first kappa shape index (κ1) is 21.6. The summed E-state index contributed by atoms with van der Waals surface area (Å²) >= 11 is 0. The first-order valence-corrected chi connectivity index (χ1v) is 8.79. The van der Waals surface area contributed by atoms with Gasteiger partial charge < -0.3 is 0 Å². The van der Waals surface area contributed by atoms with Gasteiger partial charge in [0, 0.05) is 11.6 Å². The van der Waals surface area contributed by atoms with Crippen LogP contribution < -0.4 is 21.7 Å². The van der Waals surface area contributed by atoms with Gasteiger partial charge in [-0.1, -0.05) is 30.3 Å². The Bertz CT molecular complexity index is 1190. The normalized spacial score (nSPS) is 10.0. The number of aromatic nitrogens is 2. The van der Waals surface area contributed by atoms with E-state index < -0.39 is 38.9 Å². The molecule has 3 rings (SSSR count). The van der Waals surface area contributed by atoms with E-state index in [0.29, 0.717) is 5.56 Å². The van der Waals surface area contributed by atoms with Crippen LogP contribution in [0.15, 0.2) is 60.9 Å². The van der Waals surface area contributed by atoms with E-state index >= 15 is 0 Å². The maximum Gasteiger partial charge on any atom is 0.356 e. The second-order valence-corrected chi connectivity index (χ2v) is 5.98. The summed E-state index contributed by atoms with van der Waals surface area (Å²) in [6, 6.07) is 13.2. The largest absolute Gasteiger partial charge is 0.356 e. The summed E-state index contributed by atoms with van der Waals surface area (Å²) in [5, 5.41) is 22.6. The SMILES string of the molecule is O=C(NNc1ncnc(NNC(=O)c2ccccc2[N+](=O)[O-])c1[N+](=O)[O-])c1ccccc1. The fourth-order valence-corrected chi connectivity index (χ4v) is 2.52. The van der Waals surface area contributed by atoms with Gasteiger partial charge in [0.05, 0.1) is 9.85 Å². The van der Waals surface area contributed by atoms with Crippen molar-refractivity contribution >= 4 is 34.8 Å². The Morgan fingerprint density at radius 2 is 1.31 bits per heavy atom. The molecule has 162 valence electrons. The molecule has 32 heavy (non-hydrogen) atoms. The Labute approximate surface area is 178 Å². The maximum atomic E-state index is 12.3. The van der Waals surface area contributed by atoms with Gasteiger partial charge in [0.25, 0.3) is 17.5 Å². The predicted octanol–water partition coefficient (Wildman–Crippen LogP) is 1.81. The molecule has 4 N–H and O–H groups in total. The molecule has 0 spiro atoms. The third-order valence-corrected chi connectivity index (χ3v) is 3.98. The van der Waals surface area contributed by atoms with Crippen LogP contribution in [0.1, 0.15) is 20.7 Å². The van der Waals surface area contributed by atoms with Crippen LogP contribution in [-0.4, -0.2) is 31.6 Å². The highest BCUT2D eigenvalue weighted by Gasteiger charge is 2.25. The van der Waals surface area contributed by atoms with Gasteiger partial charge in [-0.05, 0) is 18.2 Å². The summed E-state index contributed by atoms with van der Waals surface area (Å²) in [5.74, 6) is -2.28. The Morgan fingerprint density at radius 1 is 0.750 bits per heavy atom. The monoisotopic (exact) mass is 438 g/mol. The average Bonchev–Trinajstić information content (AvgIpc) is 2.81. The molecule has 14 heteroatoms. The minimum absolute atomic E-state index is 0.268. The number of nitro benzene ring substituents is 1. The molecule has 0 unspecified atom stereocenters. The van der Waals surface area contributed by atoms with E-state index in [0.717, 1.165) is 12.4 Å². The molecule has 0 radical (unpaired) electrons. The van der Waals surface area contributed by atoms with Gasteiger partial charge in [0.2, 0.25) is 11.6 Å². The predicted molar refractivity (Wildman–Crippen MR) is 110 cm³/mol. The molecular formula is C18H14N8O6. The van der Waals surface area contributed by atoms with E-state index in [-0.39, 0.29) is 11.4 Å². The highest BCUT2D eigenvalue weighted by atomic mass is 16.6. The molecule has 0 fully saturated rings. The van der Waals surface area contributed by atoms with Crippen LogP contribution in [0.2, 0.25) is 0 Å². The standard InChI is InChI=1S/C18H14N8O6/c27-17(11-6-2-1-3-7-11)23-21-15-14(26(31)32)16(20-10-19-15)22-24-18(28)12-8-4-5-9-13(12)25(29)30/h1-10H,(H,23,27)(H,24,28)(H2,19,20,21,22). The lowest BCUT2D eigenvalue weighted by atomic mass is 10.2. The zero-order chi connectivity index (χ0) is 23.1. The molecule has 1 heterocycles. The quantitative estimate of drug-likeness (QED) is 0.297. The second kappa shape index (κ2) is 9.57. The van der Waals surface area contributed by atoms with Crippen LogP contribution in [0.5, 0.6) is 0 Å². The Kier molecular flexibility index (Phi) is 6.45. The van der Waals surface area contributed by atoms with E-state index in [4.69, 9.17) is 0 Å². The molecule has 2 aromatic carbocycles. The van der Waals surface area contributed by atoms with Crippen molar-refractivity contribution in [3.63, 3.8) is 0 Å². The molecule has 2 amide bonds. The van der Waals surface area contributed by atoms with Crippen molar-refractivity contribution in [2.24, 2.45) is 0 Å². The van der Waals surface area contributed by atoms with Crippen LogP contribution in [0.3, 0.4) is 0 Å². The van der Waals surface area contributed by atoms with E-state index in [1.54, 1.807) is 18.2 Å². The zero-order valence-corrected chi connectivity index (χ0v) is 16.0. The van der Waals surface area contributed by atoms with Crippen molar-refractivity contribution in [2.45, 2.75) is 0 Å². The summed E-state index contributed by atoms with van der Waals surface area (Å²) in [6.45, 7) is 0. The lowest BCUT2D eigenvalue weighted by Gasteiger charge is -2.11. The van der Waals surface area contributed by atoms with Crippen molar-refractivity contribution < 1.29 is 19.4 Å². The highest BCUT2D eigenvalue weighted by Crippen LogP contribution is 2.28. The number of anilines is 2. The number of hydrogen-bond donors (Lipinski definition) is 4. The first-order valence-electron chi connectivity index (χ1n) is 8.79. The summed E-state index contributed by atoms with van der Waals surface area (Å²) in [5.41, 5.74) is 7.88. The third-order valence-electron chi connectivity index (χ3n) is 3.98. The van der Waals surface area contributed by atoms with E-state index in [2.05, 4.69) is 31.7 Å².